The van der Waals surface area contributed by atoms with Gasteiger partial charge in [-0.2, -0.15) is 10.2 Å². The minimum absolute atomic E-state index is 0.0360. The van der Waals surface area contributed by atoms with E-state index in [2.05, 4.69) is 38.5 Å². The number of hydrogen-bond acceptors (Lipinski definition) is 7. The molecule has 1 amide bonds. The quantitative estimate of drug-likeness (QED) is 0.369. The summed E-state index contributed by atoms with van der Waals surface area (Å²) in [5, 5.41) is 9.73. The highest BCUT2D eigenvalue weighted by Crippen LogP contribution is 2.28. The molecule has 1 saturated heterocycles. The Hall–Kier alpha value is -4.52. The lowest BCUT2D eigenvalue weighted by molar-refractivity contribution is -0.127. The molecule has 4 aromatic heterocycles. The van der Waals surface area contributed by atoms with Crippen LogP contribution in [-0.4, -0.2) is 58.4 Å². The average Bonchev–Trinajstić information content (AvgIpc) is 3.48. The first-order chi connectivity index (χ1) is 16.6. The monoisotopic (exact) mass is 453 g/mol. The molecule has 1 aliphatic heterocycles. The molecular formula is C24H23N9O. The molecule has 0 radical (unpaired) electrons. The lowest BCUT2D eigenvalue weighted by Crippen LogP contribution is -2.40. The molecular weight excluding hydrogens is 430 g/mol. The van der Waals surface area contributed by atoms with Crippen molar-refractivity contribution in [2.45, 2.75) is 25.4 Å². The van der Waals surface area contributed by atoms with Crippen molar-refractivity contribution in [2.75, 3.05) is 18.8 Å². The molecule has 1 aliphatic rings. The van der Waals surface area contributed by atoms with Crippen molar-refractivity contribution in [3.8, 4) is 11.8 Å². The molecule has 0 saturated carbocycles. The van der Waals surface area contributed by atoms with E-state index in [-0.39, 0.29) is 11.9 Å². The zero-order chi connectivity index (χ0) is 23.5. The second-order valence-electron chi connectivity index (χ2n) is 8.03. The number of nitrogen functional groups attached to an aromatic ring is 1. The van der Waals surface area contributed by atoms with Gasteiger partial charge in [0.2, 0.25) is 5.91 Å². The van der Waals surface area contributed by atoms with Crippen LogP contribution in [0, 0.1) is 11.8 Å². The van der Waals surface area contributed by atoms with Crippen LogP contribution in [0.4, 0.5) is 5.82 Å². The molecule has 5 rings (SSSR count). The number of nitrogens with zero attached hydrogens (tertiary/aromatic N) is 8. The van der Waals surface area contributed by atoms with E-state index < -0.39 is 0 Å². The zero-order valence-corrected chi connectivity index (χ0v) is 18.5. The number of carbonyl (C=O) groups excluding carboxylic acids is 1. The molecule has 10 nitrogen and oxygen atoms in total. The van der Waals surface area contributed by atoms with E-state index in [1.807, 2.05) is 29.1 Å². The smallest absolute Gasteiger partial charge is 0.246 e. The fourth-order valence-electron chi connectivity index (χ4n) is 4.12. The Bertz CT molecular complexity index is 1410. The van der Waals surface area contributed by atoms with Gasteiger partial charge in [-0.05, 0) is 37.0 Å². The first-order valence-electron chi connectivity index (χ1n) is 11.0. The Morgan fingerprint density at radius 1 is 1.26 bits per heavy atom. The fourth-order valence-corrected chi connectivity index (χ4v) is 4.12. The molecule has 10 heteroatoms. The summed E-state index contributed by atoms with van der Waals surface area (Å²) in [4.78, 5) is 26.8. The molecule has 0 aromatic carbocycles. The summed E-state index contributed by atoms with van der Waals surface area (Å²) in [7, 11) is 0. The summed E-state index contributed by atoms with van der Waals surface area (Å²) < 4.78 is 3.61. The van der Waals surface area contributed by atoms with Crippen molar-refractivity contribution in [3.63, 3.8) is 0 Å². The van der Waals surface area contributed by atoms with Crippen molar-refractivity contribution in [1.82, 2.24) is 39.4 Å². The summed E-state index contributed by atoms with van der Waals surface area (Å²) in [5.41, 5.74) is 8.95. The van der Waals surface area contributed by atoms with Crippen LogP contribution in [0.3, 0.4) is 0 Å². The summed E-state index contributed by atoms with van der Waals surface area (Å²) in [6.45, 7) is 5.38. The third-order valence-electron chi connectivity index (χ3n) is 5.76. The van der Waals surface area contributed by atoms with Crippen molar-refractivity contribution in [3.05, 3.63) is 72.7 Å². The van der Waals surface area contributed by atoms with Gasteiger partial charge in [0.05, 0.1) is 35.4 Å². The molecule has 0 bridgehead atoms. The van der Waals surface area contributed by atoms with Crippen LogP contribution < -0.4 is 5.73 Å². The highest BCUT2D eigenvalue weighted by atomic mass is 16.2. The van der Waals surface area contributed by atoms with Crippen LogP contribution in [0.2, 0.25) is 0 Å². The zero-order valence-electron chi connectivity index (χ0n) is 18.5. The summed E-state index contributed by atoms with van der Waals surface area (Å²) in [5.74, 6) is 6.47. The molecule has 0 aliphatic carbocycles. The van der Waals surface area contributed by atoms with Crippen LogP contribution in [0.15, 0.2) is 55.8 Å². The lowest BCUT2D eigenvalue weighted by atomic mass is 10.1. The number of rotatable bonds is 4. The molecule has 1 atom stereocenters. The number of likely N-dealkylation sites (tertiary alicyclic amines) is 1. The van der Waals surface area contributed by atoms with Crippen molar-refractivity contribution >= 4 is 22.8 Å². The van der Waals surface area contributed by atoms with E-state index in [4.69, 9.17) is 10.8 Å². The van der Waals surface area contributed by atoms with Gasteiger partial charge in [-0.25, -0.2) is 14.6 Å². The molecule has 170 valence electrons. The maximum Gasteiger partial charge on any atom is 0.246 e. The molecule has 5 heterocycles. The van der Waals surface area contributed by atoms with E-state index in [9.17, 15) is 4.79 Å². The summed E-state index contributed by atoms with van der Waals surface area (Å²) in [6.07, 6.45) is 9.82. The van der Waals surface area contributed by atoms with Gasteiger partial charge in [0.1, 0.15) is 17.8 Å². The van der Waals surface area contributed by atoms with Gasteiger partial charge < -0.3 is 10.6 Å². The van der Waals surface area contributed by atoms with Crippen molar-refractivity contribution in [2.24, 2.45) is 0 Å². The first-order valence-corrected chi connectivity index (χ1v) is 11.0. The topological polar surface area (TPSA) is 121 Å². The lowest BCUT2D eigenvalue weighted by Gasteiger charge is -2.32. The minimum atomic E-state index is -0.0852. The molecule has 34 heavy (non-hydrogen) atoms. The summed E-state index contributed by atoms with van der Waals surface area (Å²) in [6, 6.07) is 5.74. The number of aromatic nitrogens is 7. The van der Waals surface area contributed by atoms with E-state index >= 15 is 0 Å². The van der Waals surface area contributed by atoms with E-state index in [0.717, 1.165) is 24.1 Å². The Kier molecular flexibility index (Phi) is 5.74. The molecule has 0 spiro atoms. The van der Waals surface area contributed by atoms with Crippen LogP contribution in [0.25, 0.3) is 11.0 Å². The van der Waals surface area contributed by atoms with Gasteiger partial charge >= 0.3 is 0 Å². The molecule has 4 aromatic rings. The first kappa shape index (κ1) is 21.3. The number of pyridine rings is 1. The highest BCUT2D eigenvalue weighted by Gasteiger charge is 2.27. The second kappa shape index (κ2) is 9.15. The Balaban J connectivity index is 1.45. The maximum absolute atomic E-state index is 12.1. The van der Waals surface area contributed by atoms with E-state index in [1.54, 1.807) is 22.0 Å². The number of fused-ring (bicyclic) bond motifs is 1. The van der Waals surface area contributed by atoms with Crippen LogP contribution in [0.5, 0.6) is 0 Å². The predicted molar refractivity (Wildman–Crippen MR) is 126 cm³/mol. The van der Waals surface area contributed by atoms with Crippen LogP contribution in [0.1, 0.15) is 35.8 Å². The number of anilines is 1. The third-order valence-corrected chi connectivity index (χ3v) is 5.76. The minimum Gasteiger partial charge on any atom is -0.383 e. The van der Waals surface area contributed by atoms with Crippen LogP contribution in [-0.2, 0) is 11.3 Å². The molecule has 1 unspecified atom stereocenters. The Morgan fingerprint density at radius 3 is 3.00 bits per heavy atom. The predicted octanol–water partition coefficient (Wildman–Crippen LogP) is 1.80. The Morgan fingerprint density at radius 2 is 2.18 bits per heavy atom. The van der Waals surface area contributed by atoms with E-state index in [1.165, 1.54) is 12.4 Å². The Labute approximate surface area is 196 Å². The number of hydrogen-bond donors (Lipinski definition) is 1. The van der Waals surface area contributed by atoms with Gasteiger partial charge in [-0.1, -0.05) is 18.6 Å². The van der Waals surface area contributed by atoms with Gasteiger partial charge in [0, 0.05) is 25.5 Å². The number of carbonyl (C=O) groups is 1. The van der Waals surface area contributed by atoms with Crippen molar-refractivity contribution < 1.29 is 4.79 Å². The van der Waals surface area contributed by atoms with E-state index in [0.29, 0.717) is 42.2 Å². The standard InChI is InChI=1S/C24H23N9O/c1-2-21(34)31-11-5-7-19(15-31)33-24-22(23(25)27-16-28-24)20(30-33)9-8-17-12-29-32(13-17)14-18-6-3-4-10-26-18/h2-4,6,10,12-13,16,19H,1,5,7,11,14-15H2,(H2,25,27,28). The largest absolute Gasteiger partial charge is 0.383 e. The third kappa shape index (κ3) is 4.23. The average molecular weight is 454 g/mol. The van der Waals surface area contributed by atoms with Gasteiger partial charge in [0.15, 0.2) is 5.65 Å². The number of piperidine rings is 1. The molecule has 1 fully saturated rings. The maximum atomic E-state index is 12.1. The van der Waals surface area contributed by atoms with Gasteiger partial charge in [-0.3, -0.25) is 14.5 Å². The van der Waals surface area contributed by atoms with Crippen molar-refractivity contribution in [1.29, 1.82) is 0 Å². The van der Waals surface area contributed by atoms with Gasteiger partial charge in [-0.15, -0.1) is 0 Å². The normalized spacial score (nSPS) is 15.6. The summed E-state index contributed by atoms with van der Waals surface area (Å²) >= 11 is 0. The van der Waals surface area contributed by atoms with Crippen LogP contribution >= 0.6 is 0 Å². The SMILES string of the molecule is C=CC(=O)N1CCCC(n2nc(C#Cc3cnn(Cc4ccccn4)c3)c3c(N)ncnc32)C1. The second-order valence-corrected chi connectivity index (χ2v) is 8.03. The van der Waals surface area contributed by atoms with Gasteiger partial charge in [0.25, 0.3) is 0 Å². The molecule has 2 N–H and O–H groups in total. The fraction of sp³-hybridized carbons (Fsp3) is 0.250. The highest BCUT2D eigenvalue weighted by molar-refractivity contribution is 5.90. The number of amides is 1. The number of nitrogens with two attached hydrogens (primary N) is 1.